The van der Waals surface area contributed by atoms with Crippen molar-refractivity contribution in [3.63, 3.8) is 0 Å². The molecule has 0 saturated carbocycles. The van der Waals surface area contributed by atoms with Gasteiger partial charge in [0.15, 0.2) is 0 Å². The molecule has 1 saturated heterocycles. The highest BCUT2D eigenvalue weighted by molar-refractivity contribution is 5.19. The summed E-state index contributed by atoms with van der Waals surface area (Å²) in [5.74, 6) is 0. The molecule has 94 valence electrons. The predicted molar refractivity (Wildman–Crippen MR) is 71.9 cm³/mol. The maximum absolute atomic E-state index is 5.96. The van der Waals surface area contributed by atoms with Gasteiger partial charge in [0.1, 0.15) is 0 Å². The molecule has 0 amide bonds. The van der Waals surface area contributed by atoms with Gasteiger partial charge in [0.25, 0.3) is 0 Å². The number of benzene rings is 1. The number of hydrogen-bond donors (Lipinski definition) is 1. The second-order valence-electron chi connectivity index (χ2n) is 4.99. The highest BCUT2D eigenvalue weighted by Gasteiger charge is 2.26. The van der Waals surface area contributed by atoms with Crippen LogP contribution in [0.5, 0.6) is 0 Å². The summed E-state index contributed by atoms with van der Waals surface area (Å²) in [5, 5.41) is 0. The average Bonchev–Trinajstić information content (AvgIpc) is 2.36. The number of hydrogen-bond acceptors (Lipinski definition) is 3. The lowest BCUT2D eigenvalue weighted by Crippen LogP contribution is -2.52. The molecule has 1 aliphatic rings. The van der Waals surface area contributed by atoms with Gasteiger partial charge in [-0.15, -0.1) is 0 Å². The number of likely N-dealkylation sites (N-methyl/N-ethyl adjacent to an activating group) is 1. The van der Waals surface area contributed by atoms with Gasteiger partial charge < -0.3 is 10.6 Å². The Morgan fingerprint density at radius 1 is 1.29 bits per heavy atom. The van der Waals surface area contributed by atoms with E-state index in [2.05, 4.69) is 54.1 Å². The monoisotopic (exact) mass is 233 g/mol. The molecular formula is C14H23N3. The Hall–Kier alpha value is -0.900. The van der Waals surface area contributed by atoms with Crippen molar-refractivity contribution in [3.8, 4) is 0 Å². The van der Waals surface area contributed by atoms with E-state index in [0.717, 1.165) is 19.6 Å². The molecule has 0 aromatic heterocycles. The predicted octanol–water partition coefficient (Wildman–Crippen LogP) is 1.32. The summed E-state index contributed by atoms with van der Waals surface area (Å²) in [5.41, 5.74) is 7.30. The summed E-state index contributed by atoms with van der Waals surface area (Å²) >= 11 is 0. The lowest BCUT2D eigenvalue weighted by atomic mass is 10.0. The lowest BCUT2D eigenvalue weighted by Gasteiger charge is -2.41. The fraction of sp³-hybridized carbons (Fsp3) is 0.571. The van der Waals surface area contributed by atoms with Gasteiger partial charge in [-0.1, -0.05) is 30.3 Å². The van der Waals surface area contributed by atoms with E-state index in [1.165, 1.54) is 5.56 Å². The number of nitrogens with two attached hydrogens (primary N) is 1. The molecule has 2 atom stereocenters. The molecule has 0 spiro atoms. The van der Waals surface area contributed by atoms with Crippen LogP contribution in [0.2, 0.25) is 0 Å². The summed E-state index contributed by atoms with van der Waals surface area (Å²) < 4.78 is 0. The van der Waals surface area contributed by atoms with Crippen molar-refractivity contribution >= 4 is 0 Å². The van der Waals surface area contributed by atoms with Crippen LogP contribution < -0.4 is 5.73 Å². The van der Waals surface area contributed by atoms with Gasteiger partial charge in [0.05, 0.1) is 0 Å². The Balaban J connectivity index is 2.09. The first-order chi connectivity index (χ1) is 8.22. The number of piperazine rings is 1. The summed E-state index contributed by atoms with van der Waals surface area (Å²) in [7, 11) is 2.20. The highest BCUT2D eigenvalue weighted by atomic mass is 15.3. The molecule has 1 aromatic carbocycles. The van der Waals surface area contributed by atoms with Crippen LogP contribution in [-0.4, -0.2) is 49.1 Å². The molecule has 0 radical (unpaired) electrons. The fourth-order valence-electron chi connectivity index (χ4n) is 2.53. The van der Waals surface area contributed by atoms with Gasteiger partial charge in [-0.3, -0.25) is 4.90 Å². The van der Waals surface area contributed by atoms with Crippen LogP contribution >= 0.6 is 0 Å². The van der Waals surface area contributed by atoms with E-state index < -0.39 is 0 Å². The Bertz CT molecular complexity index is 339. The lowest BCUT2D eigenvalue weighted by molar-refractivity contribution is 0.0741. The van der Waals surface area contributed by atoms with E-state index in [-0.39, 0.29) is 0 Å². The van der Waals surface area contributed by atoms with Crippen molar-refractivity contribution in [2.45, 2.75) is 19.0 Å². The van der Waals surface area contributed by atoms with E-state index in [0.29, 0.717) is 18.6 Å². The third-order valence-corrected chi connectivity index (χ3v) is 3.84. The molecule has 1 heterocycles. The number of rotatable bonds is 3. The molecule has 2 rings (SSSR count). The zero-order valence-corrected chi connectivity index (χ0v) is 10.8. The van der Waals surface area contributed by atoms with Crippen molar-refractivity contribution in [1.29, 1.82) is 0 Å². The molecule has 3 heteroatoms. The van der Waals surface area contributed by atoms with Gasteiger partial charge in [0.2, 0.25) is 0 Å². The average molecular weight is 233 g/mol. The summed E-state index contributed by atoms with van der Waals surface area (Å²) in [6.45, 7) is 6.32. The van der Waals surface area contributed by atoms with Crippen LogP contribution in [0.25, 0.3) is 0 Å². The first-order valence-electron chi connectivity index (χ1n) is 6.41. The van der Waals surface area contributed by atoms with E-state index in [9.17, 15) is 0 Å². The van der Waals surface area contributed by atoms with E-state index in [1.807, 2.05) is 0 Å². The summed E-state index contributed by atoms with van der Waals surface area (Å²) in [4.78, 5) is 4.93. The Morgan fingerprint density at radius 3 is 2.59 bits per heavy atom. The molecule has 2 unspecified atom stereocenters. The minimum atomic E-state index is 0.368. The standard InChI is InChI=1S/C14H23N3/c1-12-11-17(9-8-16(12)2)14(10-15)13-6-4-3-5-7-13/h3-7,12,14H,8-11,15H2,1-2H3. The van der Waals surface area contributed by atoms with Crippen LogP contribution in [0.1, 0.15) is 18.5 Å². The molecule has 1 fully saturated rings. The largest absolute Gasteiger partial charge is 0.329 e. The van der Waals surface area contributed by atoms with Gasteiger partial charge in [-0.25, -0.2) is 0 Å². The van der Waals surface area contributed by atoms with Crippen molar-refractivity contribution in [1.82, 2.24) is 9.80 Å². The van der Waals surface area contributed by atoms with E-state index in [4.69, 9.17) is 5.73 Å². The highest BCUT2D eigenvalue weighted by Crippen LogP contribution is 2.22. The third kappa shape index (κ3) is 2.86. The van der Waals surface area contributed by atoms with Crippen molar-refractivity contribution in [2.24, 2.45) is 5.73 Å². The maximum atomic E-state index is 5.96. The Kier molecular flexibility index (Phi) is 4.15. The molecule has 1 aliphatic heterocycles. The molecule has 3 nitrogen and oxygen atoms in total. The third-order valence-electron chi connectivity index (χ3n) is 3.84. The van der Waals surface area contributed by atoms with Gasteiger partial charge in [-0.05, 0) is 19.5 Å². The number of nitrogens with zero attached hydrogens (tertiary/aromatic N) is 2. The Morgan fingerprint density at radius 2 is 2.00 bits per heavy atom. The molecular weight excluding hydrogens is 210 g/mol. The van der Waals surface area contributed by atoms with Crippen molar-refractivity contribution in [2.75, 3.05) is 33.2 Å². The van der Waals surface area contributed by atoms with Gasteiger partial charge in [-0.2, -0.15) is 0 Å². The van der Waals surface area contributed by atoms with Crippen LogP contribution in [0.15, 0.2) is 30.3 Å². The minimum Gasteiger partial charge on any atom is -0.329 e. The second kappa shape index (κ2) is 5.63. The van der Waals surface area contributed by atoms with Gasteiger partial charge >= 0.3 is 0 Å². The molecule has 0 aliphatic carbocycles. The van der Waals surface area contributed by atoms with Gasteiger partial charge in [0, 0.05) is 38.3 Å². The summed E-state index contributed by atoms with van der Waals surface area (Å²) in [6, 6.07) is 11.6. The minimum absolute atomic E-state index is 0.368. The van der Waals surface area contributed by atoms with Crippen LogP contribution in [0.3, 0.4) is 0 Å². The molecule has 17 heavy (non-hydrogen) atoms. The van der Waals surface area contributed by atoms with Crippen LogP contribution in [0.4, 0.5) is 0 Å². The molecule has 1 aromatic rings. The van der Waals surface area contributed by atoms with E-state index >= 15 is 0 Å². The molecule has 0 bridgehead atoms. The summed E-state index contributed by atoms with van der Waals surface area (Å²) in [6.07, 6.45) is 0. The zero-order chi connectivity index (χ0) is 12.3. The van der Waals surface area contributed by atoms with Crippen molar-refractivity contribution < 1.29 is 0 Å². The molecule has 2 N–H and O–H groups in total. The first kappa shape index (κ1) is 12.6. The van der Waals surface area contributed by atoms with Crippen LogP contribution in [-0.2, 0) is 0 Å². The normalized spacial score (nSPS) is 24.8. The van der Waals surface area contributed by atoms with E-state index in [1.54, 1.807) is 0 Å². The smallest absolute Gasteiger partial charge is 0.0471 e. The topological polar surface area (TPSA) is 32.5 Å². The Labute approximate surface area is 104 Å². The van der Waals surface area contributed by atoms with Crippen molar-refractivity contribution in [3.05, 3.63) is 35.9 Å². The quantitative estimate of drug-likeness (QED) is 0.854. The first-order valence-corrected chi connectivity index (χ1v) is 6.41. The SMILES string of the molecule is CC1CN(C(CN)c2ccccc2)CCN1C. The maximum Gasteiger partial charge on any atom is 0.0471 e. The zero-order valence-electron chi connectivity index (χ0n) is 10.8. The fourth-order valence-corrected chi connectivity index (χ4v) is 2.53. The van der Waals surface area contributed by atoms with Crippen LogP contribution in [0, 0.1) is 0 Å². The second-order valence-corrected chi connectivity index (χ2v) is 4.99.